The van der Waals surface area contributed by atoms with Gasteiger partial charge in [0.05, 0.1) is 5.75 Å². The van der Waals surface area contributed by atoms with Crippen LogP contribution in [0.4, 0.5) is 14.5 Å². The molecule has 4 aromatic rings. The van der Waals surface area contributed by atoms with Gasteiger partial charge < -0.3 is 9.80 Å². The first-order valence-corrected chi connectivity index (χ1v) is 12.1. The summed E-state index contributed by atoms with van der Waals surface area (Å²) < 4.78 is 28.6. The van der Waals surface area contributed by atoms with Crippen LogP contribution in [0.5, 0.6) is 0 Å². The lowest BCUT2D eigenvalue weighted by Gasteiger charge is -2.36. The van der Waals surface area contributed by atoms with Crippen molar-refractivity contribution in [1.29, 1.82) is 0 Å². The molecule has 1 saturated heterocycles. The second-order valence-corrected chi connectivity index (χ2v) is 8.93. The number of benzene rings is 2. The summed E-state index contributed by atoms with van der Waals surface area (Å²) in [6.45, 7) is 2.54. The van der Waals surface area contributed by atoms with Gasteiger partial charge in [-0.3, -0.25) is 14.3 Å². The fraction of sp³-hybridized carbons (Fsp3) is 0.200. The Balaban J connectivity index is 1.28. The zero-order chi connectivity index (χ0) is 24.2. The van der Waals surface area contributed by atoms with Crippen molar-refractivity contribution in [2.45, 2.75) is 5.16 Å². The van der Waals surface area contributed by atoms with E-state index in [1.54, 1.807) is 36.7 Å². The summed E-state index contributed by atoms with van der Waals surface area (Å²) in [5, 5.41) is 9.20. The highest BCUT2D eigenvalue weighted by Crippen LogP contribution is 2.28. The lowest BCUT2D eigenvalue weighted by Crippen LogP contribution is -2.49. The lowest BCUT2D eigenvalue weighted by molar-refractivity contribution is -0.128. The van der Waals surface area contributed by atoms with Crippen LogP contribution >= 0.6 is 11.8 Å². The largest absolute Gasteiger partial charge is 0.368 e. The number of piperazine rings is 1. The molecule has 1 fully saturated rings. The van der Waals surface area contributed by atoms with Gasteiger partial charge in [0, 0.05) is 55.5 Å². The molecule has 1 aliphatic heterocycles. The molecule has 2 aromatic heterocycles. The zero-order valence-corrected chi connectivity index (χ0v) is 19.5. The third kappa shape index (κ3) is 5.17. The van der Waals surface area contributed by atoms with E-state index in [2.05, 4.69) is 20.1 Å². The number of aromatic nitrogens is 4. The standard InChI is InChI=1S/C25H22F2N6OS/c26-19-1-5-21(6-2-19)31-13-15-32(16-14-31)23(34)17-35-25-30-29-24(18-9-11-28-12-10-18)33(25)22-7-3-20(27)4-8-22/h1-12H,13-17H2. The molecule has 10 heteroatoms. The Hall–Kier alpha value is -3.79. The van der Waals surface area contributed by atoms with Gasteiger partial charge in [0.25, 0.3) is 0 Å². The fourth-order valence-corrected chi connectivity index (χ4v) is 4.81. The minimum atomic E-state index is -0.337. The van der Waals surface area contributed by atoms with Crippen molar-refractivity contribution >= 4 is 23.4 Å². The molecule has 35 heavy (non-hydrogen) atoms. The zero-order valence-electron chi connectivity index (χ0n) is 18.7. The second kappa shape index (κ2) is 10.2. The molecule has 5 rings (SSSR count). The smallest absolute Gasteiger partial charge is 0.233 e. The summed E-state index contributed by atoms with van der Waals surface area (Å²) in [6, 6.07) is 16.1. The Morgan fingerprint density at radius 1 is 0.800 bits per heavy atom. The Bertz CT molecular complexity index is 1290. The number of anilines is 1. The van der Waals surface area contributed by atoms with Gasteiger partial charge in [-0.25, -0.2) is 8.78 Å². The monoisotopic (exact) mass is 492 g/mol. The molecule has 3 heterocycles. The van der Waals surface area contributed by atoms with Gasteiger partial charge >= 0.3 is 0 Å². The molecule has 0 spiro atoms. The number of carbonyl (C=O) groups excluding carboxylic acids is 1. The molecule has 0 aliphatic carbocycles. The lowest BCUT2D eigenvalue weighted by atomic mass is 10.2. The molecule has 0 radical (unpaired) electrons. The molecular formula is C25H22F2N6OS. The topological polar surface area (TPSA) is 67.2 Å². The van der Waals surface area contributed by atoms with Crippen LogP contribution in [0, 0.1) is 11.6 Å². The van der Waals surface area contributed by atoms with Crippen LogP contribution in [0.25, 0.3) is 17.1 Å². The Morgan fingerprint density at radius 2 is 1.40 bits per heavy atom. The number of rotatable bonds is 6. The van der Waals surface area contributed by atoms with Gasteiger partial charge in [-0.15, -0.1) is 10.2 Å². The average Bonchev–Trinajstić information content (AvgIpc) is 3.33. The molecular weight excluding hydrogens is 470 g/mol. The van der Waals surface area contributed by atoms with Crippen LogP contribution in [0.1, 0.15) is 0 Å². The van der Waals surface area contributed by atoms with Crippen LogP contribution in [0.3, 0.4) is 0 Å². The number of amides is 1. The van der Waals surface area contributed by atoms with Crippen molar-refractivity contribution in [1.82, 2.24) is 24.6 Å². The minimum absolute atomic E-state index is 0.00729. The first-order valence-electron chi connectivity index (χ1n) is 11.1. The predicted octanol–water partition coefficient (Wildman–Crippen LogP) is 4.05. The van der Waals surface area contributed by atoms with Crippen LogP contribution < -0.4 is 4.90 Å². The van der Waals surface area contributed by atoms with Gasteiger partial charge in [0.1, 0.15) is 11.6 Å². The van der Waals surface area contributed by atoms with E-state index in [0.29, 0.717) is 42.8 Å². The fourth-order valence-electron chi connectivity index (χ4n) is 3.96. The van der Waals surface area contributed by atoms with Crippen molar-refractivity contribution in [3.05, 3.63) is 84.7 Å². The first-order chi connectivity index (χ1) is 17.1. The highest BCUT2D eigenvalue weighted by molar-refractivity contribution is 7.99. The van der Waals surface area contributed by atoms with Crippen molar-refractivity contribution in [3.8, 4) is 17.1 Å². The van der Waals surface area contributed by atoms with Gasteiger partial charge in [0.2, 0.25) is 5.91 Å². The summed E-state index contributed by atoms with van der Waals surface area (Å²) in [7, 11) is 0. The molecule has 178 valence electrons. The van der Waals surface area contributed by atoms with Crippen LogP contribution in [-0.4, -0.2) is 62.5 Å². The Labute approximate surface area is 205 Å². The first kappa shape index (κ1) is 23.0. The Morgan fingerprint density at radius 3 is 2.03 bits per heavy atom. The number of nitrogens with zero attached hydrogens (tertiary/aromatic N) is 6. The van der Waals surface area contributed by atoms with Crippen molar-refractivity contribution < 1.29 is 13.6 Å². The summed E-state index contributed by atoms with van der Waals surface area (Å²) in [6.07, 6.45) is 3.34. The minimum Gasteiger partial charge on any atom is -0.368 e. The maximum absolute atomic E-state index is 13.5. The van der Waals surface area contributed by atoms with Gasteiger partial charge in [-0.2, -0.15) is 0 Å². The molecule has 0 saturated carbocycles. The van der Waals surface area contributed by atoms with E-state index in [4.69, 9.17) is 0 Å². The third-order valence-corrected chi connectivity index (χ3v) is 6.72. The van der Waals surface area contributed by atoms with E-state index in [1.165, 1.54) is 36.0 Å². The van der Waals surface area contributed by atoms with E-state index < -0.39 is 0 Å². The molecule has 0 atom stereocenters. The quantitative estimate of drug-likeness (QED) is 0.379. The Kier molecular flexibility index (Phi) is 6.71. The van der Waals surface area contributed by atoms with Crippen molar-refractivity contribution in [2.75, 3.05) is 36.8 Å². The second-order valence-electron chi connectivity index (χ2n) is 7.99. The molecule has 0 unspecified atom stereocenters. The average molecular weight is 493 g/mol. The maximum Gasteiger partial charge on any atom is 0.233 e. The number of thioether (sulfide) groups is 1. The van der Waals surface area contributed by atoms with Crippen LogP contribution in [-0.2, 0) is 4.79 Å². The normalized spacial score (nSPS) is 13.8. The number of hydrogen-bond acceptors (Lipinski definition) is 6. The summed E-state index contributed by atoms with van der Waals surface area (Å²) >= 11 is 1.30. The highest BCUT2D eigenvalue weighted by atomic mass is 32.2. The van der Waals surface area contributed by atoms with Crippen LogP contribution in [0.15, 0.2) is 78.2 Å². The number of halogens is 2. The SMILES string of the molecule is O=C(CSc1nnc(-c2ccncc2)n1-c1ccc(F)cc1)N1CCN(c2ccc(F)cc2)CC1. The molecule has 0 bridgehead atoms. The van der Waals surface area contributed by atoms with Crippen LogP contribution in [0.2, 0.25) is 0 Å². The molecule has 1 aliphatic rings. The van der Waals surface area contributed by atoms with Crippen molar-refractivity contribution in [2.24, 2.45) is 0 Å². The van der Waals surface area contributed by atoms with Crippen molar-refractivity contribution in [3.63, 3.8) is 0 Å². The molecule has 0 N–H and O–H groups in total. The summed E-state index contributed by atoms with van der Waals surface area (Å²) in [5.74, 6) is 0.193. The van der Waals surface area contributed by atoms with E-state index >= 15 is 0 Å². The highest BCUT2D eigenvalue weighted by Gasteiger charge is 2.23. The number of hydrogen-bond donors (Lipinski definition) is 0. The molecule has 1 amide bonds. The maximum atomic E-state index is 13.5. The summed E-state index contributed by atoms with van der Waals surface area (Å²) in [5.41, 5.74) is 2.46. The number of carbonyl (C=O) groups is 1. The predicted molar refractivity (Wildman–Crippen MR) is 130 cm³/mol. The van der Waals surface area contributed by atoms with Gasteiger partial charge in [-0.1, -0.05) is 11.8 Å². The third-order valence-electron chi connectivity index (χ3n) is 5.81. The van der Waals surface area contributed by atoms with E-state index in [1.807, 2.05) is 21.6 Å². The van der Waals surface area contributed by atoms with Gasteiger partial charge in [-0.05, 0) is 60.7 Å². The van der Waals surface area contributed by atoms with Gasteiger partial charge in [0.15, 0.2) is 11.0 Å². The summed E-state index contributed by atoms with van der Waals surface area (Å²) in [4.78, 5) is 21.0. The molecule has 7 nitrogen and oxygen atoms in total. The van der Waals surface area contributed by atoms with E-state index in [9.17, 15) is 13.6 Å². The van der Waals surface area contributed by atoms with E-state index in [0.717, 1.165) is 11.3 Å². The number of pyridine rings is 1. The van der Waals surface area contributed by atoms with E-state index in [-0.39, 0.29) is 23.3 Å². The molecule has 2 aromatic carbocycles.